The van der Waals surface area contributed by atoms with Crippen LogP contribution in [0.25, 0.3) is 0 Å². The molecule has 0 bridgehead atoms. The summed E-state index contributed by atoms with van der Waals surface area (Å²) in [5, 5.41) is 3.73. The summed E-state index contributed by atoms with van der Waals surface area (Å²) >= 11 is 3.52. The molecule has 1 aliphatic rings. The largest absolute Gasteiger partial charge is 0.309 e. The Labute approximate surface area is 129 Å². The number of nitrogens with one attached hydrogen (secondary N) is 1. The fraction of sp³-hybridized carbons (Fsp3) is 0.333. The molecule has 104 valence electrons. The Morgan fingerprint density at radius 1 is 1.15 bits per heavy atom. The Bertz CT molecular complexity index is 576. The summed E-state index contributed by atoms with van der Waals surface area (Å²) in [7, 11) is 0. The molecule has 2 aromatic rings. The Morgan fingerprint density at radius 3 is 2.60 bits per heavy atom. The van der Waals surface area contributed by atoms with Crippen LogP contribution in [0.5, 0.6) is 0 Å². The third kappa shape index (κ3) is 2.68. The van der Waals surface area contributed by atoms with Crippen LogP contribution in [0.4, 0.5) is 0 Å². The predicted molar refractivity (Wildman–Crippen MR) is 88.1 cm³/mol. The second-order valence-electron chi connectivity index (χ2n) is 5.49. The van der Waals surface area contributed by atoms with Gasteiger partial charge in [0.05, 0.1) is 0 Å². The number of rotatable bonds is 5. The fourth-order valence-electron chi connectivity index (χ4n) is 3.06. The van der Waals surface area contributed by atoms with Crippen LogP contribution >= 0.6 is 15.9 Å². The van der Waals surface area contributed by atoms with Crippen LogP contribution in [0.1, 0.15) is 42.0 Å². The number of fused-ring (bicyclic) bond motifs is 1. The van der Waals surface area contributed by atoms with Crippen molar-refractivity contribution in [3.63, 3.8) is 0 Å². The van der Waals surface area contributed by atoms with E-state index < -0.39 is 0 Å². The number of halogens is 1. The van der Waals surface area contributed by atoms with Gasteiger partial charge in [-0.05, 0) is 48.2 Å². The van der Waals surface area contributed by atoms with E-state index in [-0.39, 0.29) is 0 Å². The molecule has 20 heavy (non-hydrogen) atoms. The molecule has 0 amide bonds. The second kappa shape index (κ2) is 6.11. The van der Waals surface area contributed by atoms with Gasteiger partial charge in [-0.2, -0.15) is 0 Å². The van der Waals surface area contributed by atoms with Crippen LogP contribution in [0, 0.1) is 0 Å². The van der Waals surface area contributed by atoms with Crippen molar-refractivity contribution in [1.29, 1.82) is 0 Å². The minimum atomic E-state index is 0.429. The fourth-order valence-corrected chi connectivity index (χ4v) is 3.32. The zero-order valence-corrected chi connectivity index (χ0v) is 13.4. The van der Waals surface area contributed by atoms with Gasteiger partial charge in [0.2, 0.25) is 0 Å². The van der Waals surface area contributed by atoms with E-state index in [2.05, 4.69) is 76.7 Å². The maximum absolute atomic E-state index is 3.73. The topological polar surface area (TPSA) is 12.0 Å². The molecule has 0 aromatic heterocycles. The third-order valence-corrected chi connectivity index (χ3v) is 4.67. The Hall–Kier alpha value is -1.12. The first-order chi connectivity index (χ1) is 9.79. The summed E-state index contributed by atoms with van der Waals surface area (Å²) < 4.78 is 1.14. The van der Waals surface area contributed by atoms with E-state index in [4.69, 9.17) is 0 Å². The van der Waals surface area contributed by atoms with Crippen molar-refractivity contribution >= 4 is 15.9 Å². The molecule has 0 saturated heterocycles. The van der Waals surface area contributed by atoms with Gasteiger partial charge in [-0.3, -0.25) is 0 Å². The van der Waals surface area contributed by atoms with Gasteiger partial charge in [-0.15, -0.1) is 0 Å². The Balaban J connectivity index is 1.86. The van der Waals surface area contributed by atoms with E-state index in [0.29, 0.717) is 12.0 Å². The molecule has 1 aliphatic carbocycles. The molecule has 2 unspecified atom stereocenters. The molecule has 0 radical (unpaired) electrons. The summed E-state index contributed by atoms with van der Waals surface area (Å²) in [6, 6.07) is 18.0. The van der Waals surface area contributed by atoms with Crippen LogP contribution in [0.15, 0.2) is 53.0 Å². The van der Waals surface area contributed by atoms with Gasteiger partial charge in [0.1, 0.15) is 0 Å². The lowest BCUT2D eigenvalue weighted by molar-refractivity contribution is 0.411. The molecule has 2 aromatic carbocycles. The Kier molecular flexibility index (Phi) is 4.23. The van der Waals surface area contributed by atoms with Crippen molar-refractivity contribution in [3.8, 4) is 0 Å². The van der Waals surface area contributed by atoms with Gasteiger partial charge in [0.25, 0.3) is 0 Å². The highest BCUT2D eigenvalue weighted by atomic mass is 79.9. The maximum atomic E-state index is 3.73. The lowest BCUT2D eigenvalue weighted by Crippen LogP contribution is -2.33. The van der Waals surface area contributed by atoms with Crippen molar-refractivity contribution in [2.45, 2.75) is 31.7 Å². The molecule has 0 saturated carbocycles. The lowest BCUT2D eigenvalue weighted by Gasteiger charge is -2.37. The van der Waals surface area contributed by atoms with Crippen molar-refractivity contribution in [2.24, 2.45) is 0 Å². The van der Waals surface area contributed by atoms with Gasteiger partial charge in [-0.25, -0.2) is 0 Å². The molecule has 3 rings (SSSR count). The first kappa shape index (κ1) is 13.8. The highest BCUT2D eigenvalue weighted by molar-refractivity contribution is 9.10. The summed E-state index contributed by atoms with van der Waals surface area (Å²) in [5.74, 6) is 0.610. The Morgan fingerprint density at radius 2 is 1.90 bits per heavy atom. The average molecular weight is 330 g/mol. The first-order valence-corrected chi connectivity index (χ1v) is 8.15. The maximum Gasteiger partial charge on any atom is 0.0392 e. The van der Waals surface area contributed by atoms with Crippen molar-refractivity contribution in [3.05, 3.63) is 69.7 Å². The van der Waals surface area contributed by atoms with Gasteiger partial charge < -0.3 is 5.32 Å². The average Bonchev–Trinajstić information content (AvgIpc) is 2.45. The highest BCUT2D eigenvalue weighted by Gasteiger charge is 2.33. The molecule has 0 heterocycles. The minimum absolute atomic E-state index is 0.429. The molecule has 1 N–H and O–H groups in total. The van der Waals surface area contributed by atoms with Crippen molar-refractivity contribution < 1.29 is 0 Å². The molecule has 2 atom stereocenters. The number of hydrogen-bond acceptors (Lipinski definition) is 1. The SMILES string of the molecule is CCCNC(c1ccc(Br)cc1)C1Cc2ccccc21. The predicted octanol–water partition coefficient (Wildman–Crippen LogP) is 4.83. The smallest absolute Gasteiger partial charge is 0.0392 e. The zero-order chi connectivity index (χ0) is 13.9. The van der Waals surface area contributed by atoms with E-state index in [1.165, 1.54) is 29.5 Å². The molecule has 0 fully saturated rings. The van der Waals surface area contributed by atoms with Gasteiger partial charge in [0.15, 0.2) is 0 Å². The molecule has 1 nitrogen and oxygen atoms in total. The van der Waals surface area contributed by atoms with E-state index in [0.717, 1.165) is 11.0 Å². The minimum Gasteiger partial charge on any atom is -0.309 e. The van der Waals surface area contributed by atoms with E-state index in [9.17, 15) is 0 Å². The molecular weight excluding hydrogens is 310 g/mol. The second-order valence-corrected chi connectivity index (χ2v) is 6.41. The summed E-state index contributed by atoms with van der Waals surface area (Å²) in [5.41, 5.74) is 4.42. The number of benzene rings is 2. The summed E-state index contributed by atoms with van der Waals surface area (Å²) in [6.45, 7) is 3.29. The number of hydrogen-bond donors (Lipinski definition) is 1. The molecule has 0 spiro atoms. The van der Waals surface area contributed by atoms with Gasteiger partial charge >= 0.3 is 0 Å². The third-order valence-electron chi connectivity index (χ3n) is 4.14. The summed E-state index contributed by atoms with van der Waals surface area (Å²) in [6.07, 6.45) is 2.36. The van der Waals surface area contributed by atoms with E-state index in [1.807, 2.05) is 0 Å². The van der Waals surface area contributed by atoms with Crippen LogP contribution in [-0.2, 0) is 6.42 Å². The van der Waals surface area contributed by atoms with Gasteiger partial charge in [-0.1, -0.05) is 59.3 Å². The molecular formula is C18H20BrN. The quantitative estimate of drug-likeness (QED) is 0.828. The normalized spacial score (nSPS) is 18.2. The first-order valence-electron chi connectivity index (χ1n) is 7.36. The molecule has 2 heteroatoms. The molecule has 0 aliphatic heterocycles. The zero-order valence-electron chi connectivity index (χ0n) is 11.8. The summed E-state index contributed by atoms with van der Waals surface area (Å²) in [4.78, 5) is 0. The lowest BCUT2D eigenvalue weighted by atomic mass is 9.71. The van der Waals surface area contributed by atoms with Crippen LogP contribution in [0.3, 0.4) is 0 Å². The van der Waals surface area contributed by atoms with Gasteiger partial charge in [0, 0.05) is 16.4 Å². The van der Waals surface area contributed by atoms with Crippen LogP contribution in [0.2, 0.25) is 0 Å². The standard InChI is InChI=1S/C18H20BrN/c1-2-11-20-18(13-7-9-15(19)10-8-13)17-12-14-5-3-4-6-16(14)17/h3-10,17-18,20H,2,11-12H2,1H3. The van der Waals surface area contributed by atoms with E-state index in [1.54, 1.807) is 0 Å². The van der Waals surface area contributed by atoms with Crippen molar-refractivity contribution in [2.75, 3.05) is 6.54 Å². The van der Waals surface area contributed by atoms with Crippen LogP contribution < -0.4 is 5.32 Å². The van der Waals surface area contributed by atoms with Crippen LogP contribution in [-0.4, -0.2) is 6.54 Å². The van der Waals surface area contributed by atoms with E-state index >= 15 is 0 Å². The van der Waals surface area contributed by atoms with Crippen molar-refractivity contribution in [1.82, 2.24) is 5.32 Å². The highest BCUT2D eigenvalue weighted by Crippen LogP contribution is 2.43. The monoisotopic (exact) mass is 329 g/mol.